The van der Waals surface area contributed by atoms with Crippen LogP contribution < -0.4 is 4.74 Å². The van der Waals surface area contributed by atoms with Gasteiger partial charge in [-0.15, -0.1) is 0 Å². The first-order valence-corrected chi connectivity index (χ1v) is 6.99. The molecule has 4 heteroatoms. The van der Waals surface area contributed by atoms with E-state index in [0.29, 0.717) is 19.1 Å². The van der Waals surface area contributed by atoms with Crippen molar-refractivity contribution >= 4 is 0 Å². The SMILES string of the molecule is CCc1cc(COCc2cccc(F)c2)c(OC)nc1C. The van der Waals surface area contributed by atoms with Crippen molar-refractivity contribution < 1.29 is 13.9 Å². The van der Waals surface area contributed by atoms with Gasteiger partial charge in [0, 0.05) is 11.3 Å². The molecule has 2 aromatic rings. The van der Waals surface area contributed by atoms with Crippen molar-refractivity contribution in [1.82, 2.24) is 4.98 Å². The van der Waals surface area contributed by atoms with Crippen molar-refractivity contribution in [3.8, 4) is 5.88 Å². The molecule has 0 radical (unpaired) electrons. The van der Waals surface area contributed by atoms with Gasteiger partial charge in [-0.05, 0) is 42.7 Å². The molecule has 0 aliphatic carbocycles. The summed E-state index contributed by atoms with van der Waals surface area (Å²) < 4.78 is 24.0. The zero-order chi connectivity index (χ0) is 15.2. The molecule has 0 spiro atoms. The zero-order valence-corrected chi connectivity index (χ0v) is 12.6. The zero-order valence-electron chi connectivity index (χ0n) is 12.6. The second kappa shape index (κ2) is 7.18. The fraction of sp³-hybridized carbons (Fsp3) is 0.353. The van der Waals surface area contributed by atoms with E-state index in [-0.39, 0.29) is 5.82 Å². The minimum atomic E-state index is -0.251. The van der Waals surface area contributed by atoms with Gasteiger partial charge in [0.25, 0.3) is 0 Å². The summed E-state index contributed by atoms with van der Waals surface area (Å²) in [6.45, 7) is 4.81. The van der Waals surface area contributed by atoms with Crippen LogP contribution in [0.2, 0.25) is 0 Å². The van der Waals surface area contributed by atoms with Crippen molar-refractivity contribution in [1.29, 1.82) is 0 Å². The average molecular weight is 289 g/mol. The molecule has 0 amide bonds. The number of hydrogen-bond acceptors (Lipinski definition) is 3. The summed E-state index contributed by atoms with van der Waals surface area (Å²) in [6.07, 6.45) is 0.916. The van der Waals surface area contributed by atoms with Crippen LogP contribution in [0.3, 0.4) is 0 Å². The summed E-state index contributed by atoms with van der Waals surface area (Å²) in [5, 5.41) is 0. The second-order valence-electron chi connectivity index (χ2n) is 4.88. The van der Waals surface area contributed by atoms with Gasteiger partial charge in [0.05, 0.1) is 20.3 Å². The van der Waals surface area contributed by atoms with E-state index in [1.807, 2.05) is 13.0 Å². The Morgan fingerprint density at radius 1 is 1.14 bits per heavy atom. The van der Waals surface area contributed by atoms with E-state index < -0.39 is 0 Å². The lowest BCUT2D eigenvalue weighted by atomic mass is 10.1. The summed E-state index contributed by atoms with van der Waals surface area (Å²) in [6, 6.07) is 8.47. The molecule has 0 fully saturated rings. The van der Waals surface area contributed by atoms with Gasteiger partial charge in [-0.25, -0.2) is 9.37 Å². The first kappa shape index (κ1) is 15.4. The highest BCUT2D eigenvalue weighted by molar-refractivity contribution is 5.33. The van der Waals surface area contributed by atoms with Gasteiger partial charge in [-0.2, -0.15) is 0 Å². The lowest BCUT2D eigenvalue weighted by molar-refractivity contribution is 0.104. The molecule has 0 bridgehead atoms. The normalized spacial score (nSPS) is 10.7. The number of aryl methyl sites for hydroxylation is 2. The monoisotopic (exact) mass is 289 g/mol. The number of ether oxygens (including phenoxy) is 2. The fourth-order valence-electron chi connectivity index (χ4n) is 2.22. The van der Waals surface area contributed by atoms with Gasteiger partial charge < -0.3 is 9.47 Å². The molecule has 112 valence electrons. The van der Waals surface area contributed by atoms with E-state index in [1.54, 1.807) is 13.2 Å². The Morgan fingerprint density at radius 2 is 1.95 bits per heavy atom. The predicted molar refractivity (Wildman–Crippen MR) is 79.8 cm³/mol. The van der Waals surface area contributed by atoms with Crippen molar-refractivity contribution in [2.75, 3.05) is 7.11 Å². The maximum absolute atomic E-state index is 13.1. The minimum absolute atomic E-state index is 0.251. The topological polar surface area (TPSA) is 31.4 Å². The maximum atomic E-state index is 13.1. The summed E-state index contributed by atoms with van der Waals surface area (Å²) in [4.78, 5) is 4.44. The van der Waals surface area contributed by atoms with Crippen LogP contribution in [-0.4, -0.2) is 12.1 Å². The van der Waals surface area contributed by atoms with E-state index in [0.717, 1.165) is 23.2 Å². The van der Waals surface area contributed by atoms with Crippen LogP contribution >= 0.6 is 0 Å². The van der Waals surface area contributed by atoms with Crippen LogP contribution in [0, 0.1) is 12.7 Å². The summed E-state index contributed by atoms with van der Waals surface area (Å²) >= 11 is 0. The van der Waals surface area contributed by atoms with Crippen LogP contribution in [0.15, 0.2) is 30.3 Å². The Morgan fingerprint density at radius 3 is 2.62 bits per heavy atom. The molecule has 0 aliphatic rings. The van der Waals surface area contributed by atoms with Crippen LogP contribution in [-0.2, 0) is 24.4 Å². The van der Waals surface area contributed by atoms with Crippen LogP contribution in [0.25, 0.3) is 0 Å². The molecule has 0 N–H and O–H groups in total. The van der Waals surface area contributed by atoms with Gasteiger partial charge in [0.15, 0.2) is 0 Å². The minimum Gasteiger partial charge on any atom is -0.481 e. The molecule has 0 aliphatic heterocycles. The Labute approximate surface area is 124 Å². The molecule has 1 heterocycles. The first-order valence-electron chi connectivity index (χ1n) is 6.99. The Kier molecular flexibility index (Phi) is 5.28. The Bertz CT molecular complexity index is 614. The number of nitrogens with zero attached hydrogens (tertiary/aromatic N) is 1. The van der Waals surface area contributed by atoms with Crippen LogP contribution in [0.1, 0.15) is 29.3 Å². The highest BCUT2D eigenvalue weighted by Gasteiger charge is 2.09. The third-order valence-electron chi connectivity index (χ3n) is 3.35. The number of halogens is 1. The number of hydrogen-bond donors (Lipinski definition) is 0. The third-order valence-corrected chi connectivity index (χ3v) is 3.35. The molecule has 3 nitrogen and oxygen atoms in total. The summed E-state index contributed by atoms with van der Waals surface area (Å²) in [7, 11) is 1.60. The highest BCUT2D eigenvalue weighted by Crippen LogP contribution is 2.21. The quantitative estimate of drug-likeness (QED) is 0.810. The van der Waals surface area contributed by atoms with E-state index in [2.05, 4.69) is 18.0 Å². The molecule has 0 atom stereocenters. The fourth-order valence-corrected chi connectivity index (χ4v) is 2.22. The van der Waals surface area contributed by atoms with Gasteiger partial charge in [-0.1, -0.05) is 19.1 Å². The van der Waals surface area contributed by atoms with E-state index in [9.17, 15) is 4.39 Å². The molecule has 21 heavy (non-hydrogen) atoms. The predicted octanol–water partition coefficient (Wildman–Crippen LogP) is 3.82. The Hall–Kier alpha value is -1.94. The molecule has 2 rings (SSSR count). The van der Waals surface area contributed by atoms with Crippen molar-refractivity contribution in [3.63, 3.8) is 0 Å². The number of aromatic nitrogens is 1. The first-order chi connectivity index (χ1) is 10.1. The lowest BCUT2D eigenvalue weighted by Gasteiger charge is -2.12. The molecular formula is C17H20FNO2. The van der Waals surface area contributed by atoms with Crippen molar-refractivity contribution in [2.24, 2.45) is 0 Å². The number of benzene rings is 1. The van der Waals surface area contributed by atoms with E-state index in [1.165, 1.54) is 17.7 Å². The number of rotatable bonds is 6. The Balaban J connectivity index is 2.05. The molecule has 1 aromatic carbocycles. The maximum Gasteiger partial charge on any atom is 0.218 e. The standard InChI is InChI=1S/C17H20FNO2/c1-4-14-9-15(17(20-3)19-12(14)2)11-21-10-13-6-5-7-16(18)8-13/h5-9H,4,10-11H2,1-3H3. The third kappa shape index (κ3) is 4.02. The highest BCUT2D eigenvalue weighted by atomic mass is 19.1. The van der Waals surface area contributed by atoms with Crippen molar-refractivity contribution in [2.45, 2.75) is 33.5 Å². The van der Waals surface area contributed by atoms with E-state index in [4.69, 9.17) is 9.47 Å². The summed E-state index contributed by atoms with van der Waals surface area (Å²) in [5.41, 5.74) is 3.88. The van der Waals surface area contributed by atoms with Crippen LogP contribution in [0.5, 0.6) is 5.88 Å². The average Bonchev–Trinajstić information content (AvgIpc) is 2.48. The van der Waals surface area contributed by atoms with Gasteiger partial charge >= 0.3 is 0 Å². The van der Waals surface area contributed by atoms with Gasteiger partial charge in [0.1, 0.15) is 5.82 Å². The largest absolute Gasteiger partial charge is 0.481 e. The van der Waals surface area contributed by atoms with E-state index >= 15 is 0 Å². The lowest BCUT2D eigenvalue weighted by Crippen LogP contribution is -2.03. The molecule has 0 unspecified atom stereocenters. The molecule has 0 saturated heterocycles. The molecular weight excluding hydrogens is 269 g/mol. The number of methoxy groups -OCH3 is 1. The van der Waals surface area contributed by atoms with Crippen molar-refractivity contribution in [3.05, 3.63) is 58.5 Å². The second-order valence-corrected chi connectivity index (χ2v) is 4.88. The smallest absolute Gasteiger partial charge is 0.218 e. The molecule has 1 aromatic heterocycles. The van der Waals surface area contributed by atoms with Crippen LogP contribution in [0.4, 0.5) is 4.39 Å². The number of pyridine rings is 1. The molecule has 0 saturated carbocycles. The van der Waals surface area contributed by atoms with Gasteiger partial charge in [-0.3, -0.25) is 0 Å². The summed E-state index contributed by atoms with van der Waals surface area (Å²) in [5.74, 6) is 0.336. The van der Waals surface area contributed by atoms with Gasteiger partial charge in [0.2, 0.25) is 5.88 Å².